The van der Waals surface area contributed by atoms with Crippen LogP contribution in [0.4, 0.5) is 0 Å². The van der Waals surface area contributed by atoms with E-state index in [1.165, 1.54) is 11.6 Å². The largest absolute Gasteiger partial charge is 0.349 e. The summed E-state index contributed by atoms with van der Waals surface area (Å²) >= 11 is 0. The lowest BCUT2D eigenvalue weighted by atomic mass is 10.0. The minimum Gasteiger partial charge on any atom is -0.349 e. The summed E-state index contributed by atoms with van der Waals surface area (Å²) < 4.78 is 0. The van der Waals surface area contributed by atoms with Gasteiger partial charge in [-0.15, -0.1) is 0 Å². The van der Waals surface area contributed by atoms with E-state index in [2.05, 4.69) is 37.9 Å². The molecule has 1 aromatic rings. The number of carbonyl (C=O) groups is 1. The normalized spacial score (nSPS) is 25.9. The summed E-state index contributed by atoms with van der Waals surface area (Å²) in [4.78, 5) is 11.3. The molecule has 0 saturated heterocycles. The monoisotopic (exact) mass is 215 g/mol. The molecule has 0 aliphatic heterocycles. The molecule has 0 heterocycles. The molecule has 2 rings (SSSR count). The third kappa shape index (κ3) is 1.75. The number of nitrogens with one attached hydrogen (secondary N) is 1. The molecule has 1 aliphatic rings. The van der Waals surface area contributed by atoms with Crippen molar-refractivity contribution < 1.29 is 4.79 Å². The first-order chi connectivity index (χ1) is 7.57. The fourth-order valence-corrected chi connectivity index (χ4v) is 2.40. The van der Waals surface area contributed by atoms with Gasteiger partial charge in [-0.1, -0.05) is 50.8 Å². The molecule has 0 aromatic heterocycles. The maximum atomic E-state index is 11.3. The van der Waals surface area contributed by atoms with Crippen LogP contribution in [0.15, 0.2) is 43.0 Å². The molecule has 0 unspecified atom stereocenters. The average Bonchev–Trinajstić information content (AvgIpc) is 2.81. The number of carbonyl (C=O) groups excluding carboxylic acids is 1. The van der Waals surface area contributed by atoms with Crippen LogP contribution in [0, 0.1) is 5.41 Å². The highest BCUT2D eigenvalue weighted by Gasteiger charge is 2.58. The van der Waals surface area contributed by atoms with Gasteiger partial charge in [0.05, 0.1) is 0 Å². The van der Waals surface area contributed by atoms with E-state index in [1.807, 2.05) is 18.2 Å². The van der Waals surface area contributed by atoms with E-state index in [-0.39, 0.29) is 17.4 Å². The van der Waals surface area contributed by atoms with E-state index in [0.29, 0.717) is 5.92 Å². The van der Waals surface area contributed by atoms with Crippen LogP contribution in [0.25, 0.3) is 0 Å². The molecule has 1 amide bonds. The van der Waals surface area contributed by atoms with Gasteiger partial charge in [0.1, 0.15) is 0 Å². The summed E-state index contributed by atoms with van der Waals surface area (Å²) in [6.45, 7) is 7.83. The molecule has 1 saturated carbocycles. The van der Waals surface area contributed by atoms with Gasteiger partial charge in [0.25, 0.3) is 0 Å². The van der Waals surface area contributed by atoms with Crippen LogP contribution in [0.1, 0.15) is 25.3 Å². The highest BCUT2D eigenvalue weighted by molar-refractivity contribution is 5.87. The molecule has 2 heteroatoms. The highest BCUT2D eigenvalue weighted by atomic mass is 16.1. The number of rotatable bonds is 3. The first-order valence-electron chi connectivity index (χ1n) is 5.55. The molecule has 2 nitrogen and oxygen atoms in total. The van der Waals surface area contributed by atoms with Crippen molar-refractivity contribution in [2.75, 3.05) is 0 Å². The molecule has 2 atom stereocenters. The fourth-order valence-electron chi connectivity index (χ4n) is 2.40. The van der Waals surface area contributed by atoms with Crippen LogP contribution in [0.2, 0.25) is 0 Å². The summed E-state index contributed by atoms with van der Waals surface area (Å²) in [5.74, 6) is 0.328. The molecule has 0 bridgehead atoms. The quantitative estimate of drug-likeness (QED) is 0.771. The highest BCUT2D eigenvalue weighted by Crippen LogP contribution is 2.58. The third-order valence-corrected chi connectivity index (χ3v) is 3.47. The van der Waals surface area contributed by atoms with Gasteiger partial charge in [-0.3, -0.25) is 4.79 Å². The van der Waals surface area contributed by atoms with Crippen LogP contribution >= 0.6 is 0 Å². The van der Waals surface area contributed by atoms with Crippen LogP contribution in [-0.2, 0) is 4.79 Å². The summed E-state index contributed by atoms with van der Waals surface area (Å²) in [7, 11) is 0. The Labute approximate surface area is 96.4 Å². The van der Waals surface area contributed by atoms with Gasteiger partial charge in [0.15, 0.2) is 0 Å². The predicted octanol–water partition coefficient (Wildman–Crippen LogP) is 2.48. The fraction of sp³-hybridized carbons (Fsp3) is 0.357. The van der Waals surface area contributed by atoms with Gasteiger partial charge in [-0.05, 0) is 17.1 Å². The number of benzene rings is 1. The summed E-state index contributed by atoms with van der Waals surface area (Å²) in [6.07, 6.45) is 1.33. The Morgan fingerprint density at radius 1 is 1.38 bits per heavy atom. The van der Waals surface area contributed by atoms with Crippen molar-refractivity contribution in [3.05, 3.63) is 48.6 Å². The second-order valence-electron chi connectivity index (χ2n) is 4.90. The van der Waals surface area contributed by atoms with E-state index >= 15 is 0 Å². The smallest absolute Gasteiger partial charge is 0.243 e. The van der Waals surface area contributed by atoms with Gasteiger partial charge in [-0.2, -0.15) is 0 Å². The molecule has 1 N–H and O–H groups in total. The first kappa shape index (κ1) is 10.9. The van der Waals surface area contributed by atoms with Gasteiger partial charge in [0, 0.05) is 12.0 Å². The van der Waals surface area contributed by atoms with Crippen LogP contribution in [0.3, 0.4) is 0 Å². The first-order valence-corrected chi connectivity index (χ1v) is 5.55. The number of hydrogen-bond acceptors (Lipinski definition) is 1. The van der Waals surface area contributed by atoms with Crippen LogP contribution < -0.4 is 5.32 Å². The van der Waals surface area contributed by atoms with Crippen LogP contribution in [0.5, 0.6) is 0 Å². The second-order valence-corrected chi connectivity index (χ2v) is 4.90. The zero-order valence-electron chi connectivity index (χ0n) is 9.73. The van der Waals surface area contributed by atoms with Gasteiger partial charge >= 0.3 is 0 Å². The summed E-state index contributed by atoms with van der Waals surface area (Å²) in [6, 6.07) is 10.5. The maximum Gasteiger partial charge on any atom is 0.243 e. The third-order valence-electron chi connectivity index (χ3n) is 3.47. The van der Waals surface area contributed by atoms with E-state index in [0.717, 1.165) is 0 Å². The maximum absolute atomic E-state index is 11.3. The van der Waals surface area contributed by atoms with Crippen molar-refractivity contribution in [3.8, 4) is 0 Å². The standard InChI is InChI=1S/C14H17NO/c1-4-11(16)15-13-12(14(13,2)3)10-8-6-5-7-9-10/h4-9,12-13H,1H2,2-3H3,(H,15,16)/t12-,13-/m0/s1. The second kappa shape index (κ2) is 3.78. The van der Waals surface area contributed by atoms with Crippen molar-refractivity contribution in [1.82, 2.24) is 5.32 Å². The van der Waals surface area contributed by atoms with Crippen molar-refractivity contribution in [2.24, 2.45) is 5.41 Å². The van der Waals surface area contributed by atoms with Crippen molar-refractivity contribution in [3.63, 3.8) is 0 Å². The van der Waals surface area contributed by atoms with Crippen molar-refractivity contribution in [2.45, 2.75) is 25.8 Å². The molecule has 1 aliphatic carbocycles. The minimum absolute atomic E-state index is 0.0866. The Kier molecular flexibility index (Phi) is 2.58. The molecule has 0 radical (unpaired) electrons. The predicted molar refractivity (Wildman–Crippen MR) is 65.1 cm³/mol. The Balaban J connectivity index is 2.14. The molecular formula is C14H17NO. The van der Waals surface area contributed by atoms with E-state index in [9.17, 15) is 4.79 Å². The Morgan fingerprint density at radius 2 is 2.00 bits per heavy atom. The van der Waals surface area contributed by atoms with E-state index in [4.69, 9.17) is 0 Å². The van der Waals surface area contributed by atoms with Crippen molar-refractivity contribution in [1.29, 1.82) is 0 Å². The lowest BCUT2D eigenvalue weighted by molar-refractivity contribution is -0.116. The molecule has 1 aromatic carbocycles. The average molecular weight is 215 g/mol. The zero-order chi connectivity index (χ0) is 11.8. The van der Waals surface area contributed by atoms with Crippen molar-refractivity contribution >= 4 is 5.91 Å². The Hall–Kier alpha value is -1.57. The number of hydrogen-bond donors (Lipinski definition) is 1. The summed E-state index contributed by atoms with van der Waals surface area (Å²) in [5, 5.41) is 2.99. The van der Waals surface area contributed by atoms with Gasteiger partial charge in [-0.25, -0.2) is 0 Å². The van der Waals surface area contributed by atoms with E-state index < -0.39 is 0 Å². The summed E-state index contributed by atoms with van der Waals surface area (Å²) in [5.41, 5.74) is 1.43. The molecular weight excluding hydrogens is 198 g/mol. The molecule has 1 fully saturated rings. The number of amides is 1. The topological polar surface area (TPSA) is 29.1 Å². The molecule has 16 heavy (non-hydrogen) atoms. The lowest BCUT2D eigenvalue weighted by Gasteiger charge is -2.02. The lowest BCUT2D eigenvalue weighted by Crippen LogP contribution is -2.26. The molecule has 0 spiro atoms. The molecule has 84 valence electrons. The van der Waals surface area contributed by atoms with Gasteiger partial charge < -0.3 is 5.32 Å². The Morgan fingerprint density at radius 3 is 2.56 bits per heavy atom. The minimum atomic E-state index is -0.0866. The van der Waals surface area contributed by atoms with E-state index in [1.54, 1.807) is 0 Å². The zero-order valence-corrected chi connectivity index (χ0v) is 9.73. The Bertz CT molecular complexity index is 408. The van der Waals surface area contributed by atoms with Crippen LogP contribution in [-0.4, -0.2) is 11.9 Å². The SMILES string of the molecule is C=CC(=O)N[C@H]1[C@H](c2ccccc2)C1(C)C. The van der Waals surface area contributed by atoms with Gasteiger partial charge in [0.2, 0.25) is 5.91 Å².